The lowest BCUT2D eigenvalue weighted by Crippen LogP contribution is -2.48. The van der Waals surface area contributed by atoms with Gasteiger partial charge in [-0.15, -0.1) is 0 Å². The lowest BCUT2D eigenvalue weighted by molar-refractivity contribution is -0.000341. The first-order chi connectivity index (χ1) is 9.61. The molecule has 0 spiro atoms. The van der Waals surface area contributed by atoms with Gasteiger partial charge in [0.05, 0.1) is 12.2 Å². The largest absolute Gasteiger partial charge is 0.444 e. The van der Waals surface area contributed by atoms with Crippen LogP contribution in [0.3, 0.4) is 0 Å². The maximum atomic E-state index is 11.7. The first-order valence-electron chi connectivity index (χ1n) is 7.67. The van der Waals surface area contributed by atoms with Gasteiger partial charge >= 0.3 is 6.09 Å². The highest BCUT2D eigenvalue weighted by Crippen LogP contribution is 2.19. The van der Waals surface area contributed by atoms with Gasteiger partial charge in [0, 0.05) is 18.6 Å². The van der Waals surface area contributed by atoms with Crippen molar-refractivity contribution in [1.29, 1.82) is 0 Å². The van der Waals surface area contributed by atoms with E-state index in [4.69, 9.17) is 9.84 Å². The molecule has 21 heavy (non-hydrogen) atoms. The fraction of sp³-hybridized carbons (Fsp3) is 0.933. The molecule has 0 aromatic rings. The summed E-state index contributed by atoms with van der Waals surface area (Å²) in [7, 11) is 0. The van der Waals surface area contributed by atoms with Crippen LogP contribution in [0.2, 0.25) is 0 Å². The Kier molecular flexibility index (Phi) is 6.43. The summed E-state index contributed by atoms with van der Waals surface area (Å²) in [5.74, 6) is 0. The van der Waals surface area contributed by atoms with E-state index in [1.807, 2.05) is 20.8 Å². The molecule has 0 aromatic carbocycles. The SMILES string of the molecule is CC(O)(CO)CNC1CCC(NC(=O)OC(C)(C)C)CC1. The number of aliphatic hydroxyl groups excluding tert-OH is 1. The van der Waals surface area contributed by atoms with Gasteiger partial charge in [0.15, 0.2) is 0 Å². The minimum atomic E-state index is -1.08. The highest BCUT2D eigenvalue weighted by molar-refractivity contribution is 5.68. The Bertz CT molecular complexity index is 331. The average molecular weight is 302 g/mol. The second-order valence-corrected chi connectivity index (χ2v) is 7.23. The molecule has 6 nitrogen and oxygen atoms in total. The van der Waals surface area contributed by atoms with Crippen LogP contribution in [0.1, 0.15) is 53.4 Å². The lowest BCUT2D eigenvalue weighted by atomic mass is 9.91. The Morgan fingerprint density at radius 1 is 1.14 bits per heavy atom. The van der Waals surface area contributed by atoms with Gasteiger partial charge in [0.2, 0.25) is 0 Å². The Morgan fingerprint density at radius 3 is 2.14 bits per heavy atom. The van der Waals surface area contributed by atoms with E-state index in [-0.39, 0.29) is 18.7 Å². The average Bonchev–Trinajstić information content (AvgIpc) is 2.36. The van der Waals surface area contributed by atoms with E-state index in [9.17, 15) is 9.90 Å². The quantitative estimate of drug-likeness (QED) is 0.612. The molecule has 1 rings (SSSR count). The van der Waals surface area contributed by atoms with E-state index in [1.165, 1.54) is 0 Å². The molecule has 4 N–H and O–H groups in total. The van der Waals surface area contributed by atoms with Crippen LogP contribution in [0.15, 0.2) is 0 Å². The Balaban J connectivity index is 2.25. The Morgan fingerprint density at radius 2 is 1.67 bits per heavy atom. The second kappa shape index (κ2) is 7.42. The summed E-state index contributed by atoms with van der Waals surface area (Å²) in [6, 6.07) is 0.468. The zero-order valence-electron chi connectivity index (χ0n) is 13.6. The van der Waals surface area contributed by atoms with Gasteiger partial charge in [0.1, 0.15) is 5.60 Å². The molecule has 124 valence electrons. The van der Waals surface area contributed by atoms with Crippen LogP contribution < -0.4 is 10.6 Å². The summed E-state index contributed by atoms with van der Waals surface area (Å²) in [4.78, 5) is 11.7. The summed E-state index contributed by atoms with van der Waals surface area (Å²) in [6.07, 6.45) is 3.28. The number of carbonyl (C=O) groups is 1. The molecule has 0 bridgehead atoms. The van der Waals surface area contributed by atoms with E-state index in [1.54, 1.807) is 6.92 Å². The molecule has 1 saturated carbocycles. The number of amides is 1. The first kappa shape index (κ1) is 18.2. The van der Waals surface area contributed by atoms with Gasteiger partial charge in [-0.05, 0) is 53.4 Å². The third-order valence-corrected chi connectivity index (χ3v) is 3.56. The molecule has 0 aromatic heterocycles. The van der Waals surface area contributed by atoms with Crippen molar-refractivity contribution < 1.29 is 19.7 Å². The van der Waals surface area contributed by atoms with Gasteiger partial charge in [-0.1, -0.05) is 0 Å². The second-order valence-electron chi connectivity index (χ2n) is 7.23. The predicted octanol–water partition coefficient (Wildman–Crippen LogP) is 1.16. The number of carbonyl (C=O) groups excluding carboxylic acids is 1. The Labute approximate surface area is 127 Å². The van der Waals surface area contributed by atoms with E-state index < -0.39 is 11.2 Å². The van der Waals surface area contributed by atoms with E-state index in [2.05, 4.69) is 10.6 Å². The molecule has 0 radical (unpaired) electrons. The Hall–Kier alpha value is -0.850. The molecule has 1 amide bonds. The number of alkyl carbamates (subject to hydrolysis) is 1. The van der Waals surface area contributed by atoms with Gasteiger partial charge in [0.25, 0.3) is 0 Å². The summed E-state index contributed by atoms with van der Waals surface area (Å²) in [6.45, 7) is 7.27. The van der Waals surface area contributed by atoms with Crippen LogP contribution in [0.4, 0.5) is 4.79 Å². The zero-order chi connectivity index (χ0) is 16.1. The zero-order valence-corrected chi connectivity index (χ0v) is 13.6. The molecule has 0 heterocycles. The van der Waals surface area contributed by atoms with Crippen molar-refractivity contribution in [3.8, 4) is 0 Å². The summed E-state index contributed by atoms with van der Waals surface area (Å²) in [5, 5.41) is 24.9. The lowest BCUT2D eigenvalue weighted by Gasteiger charge is -2.32. The van der Waals surface area contributed by atoms with Gasteiger partial charge in [-0.25, -0.2) is 4.79 Å². The standard InChI is InChI=1S/C15H30N2O4/c1-14(2,3)21-13(19)17-12-7-5-11(6-8-12)16-9-15(4,20)10-18/h11-12,16,18,20H,5-10H2,1-4H3,(H,17,19). The highest BCUT2D eigenvalue weighted by Gasteiger charge is 2.26. The number of ether oxygens (including phenoxy) is 1. The van der Waals surface area contributed by atoms with Gasteiger partial charge in [-0.2, -0.15) is 0 Å². The molecule has 0 saturated heterocycles. The summed E-state index contributed by atoms with van der Waals surface area (Å²) in [5.41, 5.74) is -1.55. The molecule has 1 aliphatic rings. The fourth-order valence-corrected chi connectivity index (χ4v) is 2.34. The van der Waals surface area contributed by atoms with E-state index in [0.29, 0.717) is 12.6 Å². The maximum Gasteiger partial charge on any atom is 0.407 e. The van der Waals surface area contributed by atoms with Crippen LogP contribution in [0, 0.1) is 0 Å². The minimum Gasteiger partial charge on any atom is -0.444 e. The summed E-state index contributed by atoms with van der Waals surface area (Å²) < 4.78 is 5.25. The predicted molar refractivity (Wildman–Crippen MR) is 81.1 cm³/mol. The number of hydrogen-bond donors (Lipinski definition) is 4. The smallest absolute Gasteiger partial charge is 0.407 e. The maximum absolute atomic E-state index is 11.7. The van der Waals surface area contributed by atoms with Crippen molar-refractivity contribution in [2.24, 2.45) is 0 Å². The van der Waals surface area contributed by atoms with Crippen molar-refractivity contribution >= 4 is 6.09 Å². The highest BCUT2D eigenvalue weighted by atomic mass is 16.6. The van der Waals surface area contributed by atoms with E-state index in [0.717, 1.165) is 25.7 Å². The van der Waals surface area contributed by atoms with E-state index >= 15 is 0 Å². The number of hydrogen-bond acceptors (Lipinski definition) is 5. The van der Waals surface area contributed by atoms with Crippen LogP contribution in [-0.4, -0.2) is 52.7 Å². The van der Waals surface area contributed by atoms with Crippen LogP contribution in [0.25, 0.3) is 0 Å². The number of nitrogens with one attached hydrogen (secondary N) is 2. The summed E-state index contributed by atoms with van der Waals surface area (Å²) >= 11 is 0. The van der Waals surface area contributed by atoms with Gasteiger partial charge < -0.3 is 25.6 Å². The fourth-order valence-electron chi connectivity index (χ4n) is 2.34. The van der Waals surface area contributed by atoms with Crippen molar-refractivity contribution in [2.45, 2.75) is 76.7 Å². The van der Waals surface area contributed by atoms with Crippen molar-refractivity contribution in [3.63, 3.8) is 0 Å². The number of aliphatic hydroxyl groups is 2. The van der Waals surface area contributed by atoms with Crippen LogP contribution in [-0.2, 0) is 4.74 Å². The normalized spacial score (nSPS) is 26.0. The van der Waals surface area contributed by atoms with Crippen LogP contribution in [0.5, 0.6) is 0 Å². The molecular weight excluding hydrogens is 272 g/mol. The monoisotopic (exact) mass is 302 g/mol. The van der Waals surface area contributed by atoms with Crippen molar-refractivity contribution in [3.05, 3.63) is 0 Å². The topological polar surface area (TPSA) is 90.8 Å². The molecule has 1 fully saturated rings. The van der Waals surface area contributed by atoms with Crippen LogP contribution >= 0.6 is 0 Å². The third kappa shape index (κ3) is 7.64. The molecule has 1 atom stereocenters. The third-order valence-electron chi connectivity index (χ3n) is 3.56. The van der Waals surface area contributed by atoms with Crippen molar-refractivity contribution in [2.75, 3.05) is 13.2 Å². The molecule has 1 unspecified atom stereocenters. The van der Waals surface area contributed by atoms with Gasteiger partial charge in [-0.3, -0.25) is 0 Å². The number of rotatable bonds is 5. The molecule has 6 heteroatoms. The molecule has 1 aliphatic carbocycles. The van der Waals surface area contributed by atoms with Crippen molar-refractivity contribution in [1.82, 2.24) is 10.6 Å². The minimum absolute atomic E-state index is 0.149. The molecular formula is C15H30N2O4. The first-order valence-corrected chi connectivity index (χ1v) is 7.67. The molecule has 0 aliphatic heterocycles.